The molecule has 1 aromatic heterocycles. The van der Waals surface area contributed by atoms with Crippen molar-refractivity contribution in [2.24, 2.45) is 5.92 Å². The molecule has 116 valence electrons. The van der Waals surface area contributed by atoms with Gasteiger partial charge in [0.05, 0.1) is 12.8 Å². The van der Waals surface area contributed by atoms with Gasteiger partial charge in [0.15, 0.2) is 0 Å². The Morgan fingerprint density at radius 2 is 1.95 bits per heavy atom. The number of hydrogen-bond acceptors (Lipinski definition) is 5. The fraction of sp³-hybridized carbons (Fsp3) is 0.412. The molecule has 2 heterocycles. The van der Waals surface area contributed by atoms with Crippen molar-refractivity contribution in [2.45, 2.75) is 12.8 Å². The van der Waals surface area contributed by atoms with Gasteiger partial charge in [-0.25, -0.2) is 0 Å². The number of aromatic nitrogens is 2. The van der Waals surface area contributed by atoms with Crippen LogP contribution in [0.1, 0.15) is 12.8 Å². The molecular weight excluding hydrogens is 278 g/mol. The van der Waals surface area contributed by atoms with Crippen LogP contribution in [0.25, 0.3) is 11.3 Å². The summed E-state index contributed by atoms with van der Waals surface area (Å²) in [6, 6.07) is 11.8. The molecule has 1 aliphatic heterocycles. The summed E-state index contributed by atoms with van der Waals surface area (Å²) in [5.41, 5.74) is 1.77. The quantitative estimate of drug-likeness (QED) is 0.920. The van der Waals surface area contributed by atoms with E-state index < -0.39 is 0 Å². The van der Waals surface area contributed by atoms with Gasteiger partial charge in [-0.1, -0.05) is 12.1 Å². The maximum atomic E-state index is 5.37. The van der Waals surface area contributed by atoms with Gasteiger partial charge in [0.2, 0.25) is 0 Å². The van der Waals surface area contributed by atoms with E-state index in [0.29, 0.717) is 5.92 Å². The second-order valence-electron chi connectivity index (χ2n) is 5.44. The van der Waals surface area contributed by atoms with Crippen molar-refractivity contribution in [1.82, 2.24) is 10.2 Å². The van der Waals surface area contributed by atoms with E-state index in [9.17, 15) is 0 Å². The number of methoxy groups -OCH3 is 1. The van der Waals surface area contributed by atoms with Gasteiger partial charge < -0.3 is 14.8 Å². The summed E-state index contributed by atoms with van der Waals surface area (Å²) >= 11 is 0. The third-order valence-electron chi connectivity index (χ3n) is 3.96. The lowest BCUT2D eigenvalue weighted by atomic mass is 10.0. The summed E-state index contributed by atoms with van der Waals surface area (Å²) in [7, 11) is 1.66. The van der Waals surface area contributed by atoms with E-state index in [1.54, 1.807) is 7.11 Å². The Morgan fingerprint density at radius 1 is 1.14 bits per heavy atom. The van der Waals surface area contributed by atoms with Crippen LogP contribution in [0.3, 0.4) is 0 Å². The number of rotatable bonds is 5. The summed E-state index contributed by atoms with van der Waals surface area (Å²) in [6.45, 7) is 2.65. The first-order chi connectivity index (χ1) is 10.9. The van der Waals surface area contributed by atoms with Gasteiger partial charge in [-0.3, -0.25) is 0 Å². The van der Waals surface area contributed by atoms with E-state index in [1.807, 2.05) is 36.4 Å². The zero-order chi connectivity index (χ0) is 15.2. The largest absolute Gasteiger partial charge is 0.496 e. The molecular formula is C17H21N3O2. The molecule has 0 bridgehead atoms. The molecule has 0 spiro atoms. The smallest absolute Gasteiger partial charge is 0.148 e. The van der Waals surface area contributed by atoms with Gasteiger partial charge in [0.25, 0.3) is 0 Å². The van der Waals surface area contributed by atoms with E-state index in [2.05, 4.69) is 15.5 Å². The molecule has 0 aliphatic carbocycles. The minimum absolute atomic E-state index is 0.657. The molecule has 0 amide bonds. The molecule has 22 heavy (non-hydrogen) atoms. The predicted octanol–water partition coefficient (Wildman–Crippen LogP) is 2.99. The van der Waals surface area contributed by atoms with Gasteiger partial charge >= 0.3 is 0 Å². The Bertz CT molecular complexity index is 595. The van der Waals surface area contributed by atoms with Gasteiger partial charge in [0.1, 0.15) is 11.6 Å². The summed E-state index contributed by atoms with van der Waals surface area (Å²) in [6.07, 6.45) is 2.22. The Kier molecular flexibility index (Phi) is 4.85. The maximum Gasteiger partial charge on any atom is 0.148 e. The van der Waals surface area contributed by atoms with E-state index in [-0.39, 0.29) is 0 Å². The first kappa shape index (κ1) is 14.8. The second kappa shape index (κ2) is 7.22. The van der Waals surface area contributed by atoms with Crippen molar-refractivity contribution in [3.05, 3.63) is 36.4 Å². The second-order valence-corrected chi connectivity index (χ2v) is 5.44. The van der Waals surface area contributed by atoms with Crippen LogP contribution >= 0.6 is 0 Å². The highest BCUT2D eigenvalue weighted by molar-refractivity contribution is 5.67. The van der Waals surface area contributed by atoms with Crippen LogP contribution in [0.4, 0.5) is 5.82 Å². The van der Waals surface area contributed by atoms with E-state index in [1.165, 1.54) is 0 Å². The Morgan fingerprint density at radius 3 is 2.68 bits per heavy atom. The number of anilines is 1. The molecule has 1 aromatic carbocycles. The standard InChI is InChI=1S/C17H21N3O2/c1-21-16-5-3-2-4-14(16)15-6-7-17(20-19-15)18-12-13-8-10-22-11-9-13/h2-7,13H,8-12H2,1H3,(H,18,20). The predicted molar refractivity (Wildman–Crippen MR) is 86.1 cm³/mol. The molecule has 1 saturated heterocycles. The molecule has 3 rings (SSSR count). The van der Waals surface area contributed by atoms with Gasteiger partial charge in [-0.15, -0.1) is 10.2 Å². The number of nitrogens with zero attached hydrogens (tertiary/aromatic N) is 2. The lowest BCUT2D eigenvalue weighted by Gasteiger charge is -2.22. The molecule has 0 radical (unpaired) electrons. The zero-order valence-electron chi connectivity index (χ0n) is 12.8. The van der Waals surface area contributed by atoms with Gasteiger partial charge in [-0.2, -0.15) is 0 Å². The minimum Gasteiger partial charge on any atom is -0.496 e. The van der Waals surface area contributed by atoms with E-state index in [0.717, 1.165) is 55.4 Å². The molecule has 1 N–H and O–H groups in total. The first-order valence-corrected chi connectivity index (χ1v) is 7.65. The third kappa shape index (κ3) is 3.54. The average Bonchev–Trinajstić information content (AvgIpc) is 2.61. The van der Waals surface area contributed by atoms with Crippen molar-refractivity contribution in [3.63, 3.8) is 0 Å². The lowest BCUT2D eigenvalue weighted by Crippen LogP contribution is -2.23. The summed E-state index contributed by atoms with van der Waals surface area (Å²) < 4.78 is 10.7. The van der Waals surface area contributed by atoms with Crippen molar-refractivity contribution < 1.29 is 9.47 Å². The molecule has 2 aromatic rings. The molecule has 0 unspecified atom stereocenters. The highest BCUT2D eigenvalue weighted by Crippen LogP contribution is 2.27. The number of ether oxygens (including phenoxy) is 2. The number of para-hydroxylation sites is 1. The molecule has 5 heteroatoms. The van der Waals surface area contributed by atoms with Crippen LogP contribution in [-0.4, -0.2) is 37.1 Å². The monoisotopic (exact) mass is 299 g/mol. The highest BCUT2D eigenvalue weighted by atomic mass is 16.5. The third-order valence-corrected chi connectivity index (χ3v) is 3.96. The fourth-order valence-electron chi connectivity index (χ4n) is 2.63. The topological polar surface area (TPSA) is 56.3 Å². The van der Waals surface area contributed by atoms with Crippen LogP contribution in [0.15, 0.2) is 36.4 Å². The Balaban J connectivity index is 1.64. The number of nitrogens with one attached hydrogen (secondary N) is 1. The summed E-state index contributed by atoms with van der Waals surface area (Å²) in [4.78, 5) is 0. The van der Waals surface area contributed by atoms with Crippen LogP contribution in [0.5, 0.6) is 5.75 Å². The highest BCUT2D eigenvalue weighted by Gasteiger charge is 2.13. The molecule has 1 aliphatic rings. The van der Waals surface area contributed by atoms with Crippen LogP contribution in [0, 0.1) is 5.92 Å². The normalized spacial score (nSPS) is 15.5. The molecule has 0 saturated carbocycles. The van der Waals surface area contributed by atoms with Crippen LogP contribution in [0.2, 0.25) is 0 Å². The molecule has 1 fully saturated rings. The molecule has 5 nitrogen and oxygen atoms in total. The van der Waals surface area contributed by atoms with Crippen LogP contribution in [-0.2, 0) is 4.74 Å². The Hall–Kier alpha value is -2.14. The minimum atomic E-state index is 0.657. The van der Waals surface area contributed by atoms with Crippen molar-refractivity contribution >= 4 is 5.82 Å². The van der Waals surface area contributed by atoms with Crippen LogP contribution < -0.4 is 10.1 Å². The zero-order valence-corrected chi connectivity index (χ0v) is 12.8. The van der Waals surface area contributed by atoms with E-state index in [4.69, 9.17) is 9.47 Å². The van der Waals surface area contributed by atoms with Gasteiger partial charge in [-0.05, 0) is 43.0 Å². The maximum absolute atomic E-state index is 5.37. The van der Waals surface area contributed by atoms with Gasteiger partial charge in [0, 0.05) is 25.3 Å². The van der Waals surface area contributed by atoms with Crippen molar-refractivity contribution in [1.29, 1.82) is 0 Å². The van der Waals surface area contributed by atoms with Crippen molar-refractivity contribution in [2.75, 3.05) is 32.2 Å². The SMILES string of the molecule is COc1ccccc1-c1ccc(NCC2CCOCC2)nn1. The molecule has 0 atom stereocenters. The van der Waals surface area contributed by atoms with Crippen molar-refractivity contribution in [3.8, 4) is 17.0 Å². The number of hydrogen-bond donors (Lipinski definition) is 1. The van der Waals surface area contributed by atoms with E-state index >= 15 is 0 Å². The fourth-order valence-corrected chi connectivity index (χ4v) is 2.63. The summed E-state index contributed by atoms with van der Waals surface area (Å²) in [5.74, 6) is 2.27. The summed E-state index contributed by atoms with van der Waals surface area (Å²) in [5, 5.41) is 11.9. The average molecular weight is 299 g/mol. The first-order valence-electron chi connectivity index (χ1n) is 7.65. The Labute approximate surface area is 130 Å². The lowest BCUT2D eigenvalue weighted by molar-refractivity contribution is 0.0699. The number of benzene rings is 1.